The fourth-order valence-corrected chi connectivity index (χ4v) is 4.66. The van der Waals surface area contributed by atoms with E-state index in [0.717, 1.165) is 29.1 Å². The third-order valence-corrected chi connectivity index (χ3v) is 6.44. The van der Waals surface area contributed by atoms with Crippen molar-refractivity contribution in [3.63, 3.8) is 0 Å². The molecule has 0 bridgehead atoms. The maximum absolute atomic E-state index is 13.3. The van der Waals surface area contributed by atoms with Crippen LogP contribution in [0.5, 0.6) is 5.75 Å². The fraction of sp³-hybridized carbons (Fsp3) is 0.333. The average Bonchev–Trinajstić information content (AvgIpc) is 3.27. The first kappa shape index (κ1) is 23.8. The quantitative estimate of drug-likeness (QED) is 0.258. The van der Waals surface area contributed by atoms with E-state index in [2.05, 4.69) is 4.90 Å². The number of nitrogens with zero attached hydrogens (tertiary/aromatic N) is 4. The number of rotatable bonds is 9. The minimum Gasteiger partial charge on any atom is -0.494 e. The number of carbonyl (C=O) groups excluding carboxylic acids is 1. The molecule has 1 aliphatic heterocycles. The van der Waals surface area contributed by atoms with Crippen molar-refractivity contribution >= 4 is 44.4 Å². The molecule has 1 aliphatic rings. The van der Waals surface area contributed by atoms with E-state index < -0.39 is 4.92 Å². The standard InChI is InChI=1S/C24H26N4O5S/c1-2-33-20-7-8-21-22(17-20)34-24(25-21)27(11-10-26-12-14-32-15-13-26)23(29)9-6-18-4-3-5-19(16-18)28(30)31/h3-9,16-17H,2,10-15H2,1H3/b9-6+. The molecule has 3 aromatic rings. The summed E-state index contributed by atoms with van der Waals surface area (Å²) in [7, 11) is 0. The van der Waals surface area contributed by atoms with E-state index in [9.17, 15) is 14.9 Å². The summed E-state index contributed by atoms with van der Waals surface area (Å²) in [5.74, 6) is 0.533. The van der Waals surface area contributed by atoms with Gasteiger partial charge in [-0.2, -0.15) is 0 Å². The Morgan fingerprint density at radius 1 is 1.29 bits per heavy atom. The van der Waals surface area contributed by atoms with Gasteiger partial charge in [0.2, 0.25) is 0 Å². The number of aromatic nitrogens is 1. The second-order valence-corrected chi connectivity index (χ2v) is 8.70. The lowest BCUT2D eigenvalue weighted by Gasteiger charge is -2.28. The van der Waals surface area contributed by atoms with E-state index >= 15 is 0 Å². The summed E-state index contributed by atoms with van der Waals surface area (Å²) < 4.78 is 12.0. The average molecular weight is 483 g/mol. The summed E-state index contributed by atoms with van der Waals surface area (Å²) in [4.78, 5) is 32.5. The number of fused-ring (bicyclic) bond motifs is 1. The molecule has 2 aromatic carbocycles. The van der Waals surface area contributed by atoms with E-state index in [4.69, 9.17) is 14.5 Å². The van der Waals surface area contributed by atoms with Gasteiger partial charge in [-0.25, -0.2) is 4.98 Å². The Balaban J connectivity index is 1.58. The number of ether oxygens (including phenoxy) is 2. The number of morpholine rings is 1. The minimum absolute atomic E-state index is 0.0185. The number of nitro groups is 1. The van der Waals surface area contributed by atoms with Gasteiger partial charge in [0.15, 0.2) is 5.13 Å². The number of thiazole rings is 1. The second-order valence-electron chi connectivity index (χ2n) is 7.69. The van der Waals surface area contributed by atoms with E-state index in [1.54, 1.807) is 23.1 Å². The molecule has 4 rings (SSSR count). The first-order valence-corrected chi connectivity index (χ1v) is 11.9. The molecular weight excluding hydrogens is 456 g/mol. The van der Waals surface area contributed by atoms with E-state index in [1.165, 1.54) is 29.5 Å². The number of benzene rings is 2. The molecule has 34 heavy (non-hydrogen) atoms. The number of carbonyl (C=O) groups is 1. The predicted octanol–water partition coefficient (Wildman–Crippen LogP) is 3.98. The Bertz CT molecular complexity index is 1190. The second kappa shape index (κ2) is 11.2. The van der Waals surface area contributed by atoms with Crippen LogP contribution in [0.2, 0.25) is 0 Å². The van der Waals surface area contributed by atoms with Crippen molar-refractivity contribution in [3.8, 4) is 5.75 Å². The van der Waals surface area contributed by atoms with Gasteiger partial charge in [-0.3, -0.25) is 24.7 Å². The van der Waals surface area contributed by atoms with Crippen molar-refractivity contribution in [2.75, 3.05) is 50.9 Å². The zero-order chi connectivity index (χ0) is 23.9. The predicted molar refractivity (Wildman–Crippen MR) is 133 cm³/mol. The van der Waals surface area contributed by atoms with Crippen LogP contribution in [0.4, 0.5) is 10.8 Å². The maximum atomic E-state index is 13.3. The first-order valence-electron chi connectivity index (χ1n) is 11.1. The van der Waals surface area contributed by atoms with Gasteiger partial charge in [-0.15, -0.1) is 0 Å². The van der Waals surface area contributed by atoms with Crippen LogP contribution in [0.15, 0.2) is 48.5 Å². The number of anilines is 1. The molecule has 0 radical (unpaired) electrons. The van der Waals surface area contributed by atoms with E-state index in [-0.39, 0.29) is 11.6 Å². The number of hydrogen-bond donors (Lipinski definition) is 0. The van der Waals surface area contributed by atoms with Gasteiger partial charge in [-0.1, -0.05) is 23.5 Å². The summed E-state index contributed by atoms with van der Waals surface area (Å²) in [5.41, 5.74) is 1.37. The molecule has 0 atom stereocenters. The number of nitro benzene ring substituents is 1. The molecule has 10 heteroatoms. The third kappa shape index (κ3) is 5.96. The van der Waals surface area contributed by atoms with Crippen LogP contribution in [0, 0.1) is 10.1 Å². The summed E-state index contributed by atoms with van der Waals surface area (Å²) in [6.45, 7) is 6.68. The SMILES string of the molecule is CCOc1ccc2nc(N(CCN3CCOCC3)C(=O)/C=C/c3cccc([N+](=O)[O-])c3)sc2c1. The van der Waals surface area contributed by atoms with Crippen molar-refractivity contribution < 1.29 is 19.2 Å². The van der Waals surface area contributed by atoms with E-state index in [1.807, 2.05) is 25.1 Å². The molecular formula is C24H26N4O5S. The van der Waals surface area contributed by atoms with Gasteiger partial charge in [0.1, 0.15) is 5.75 Å². The van der Waals surface area contributed by atoms with Crippen LogP contribution < -0.4 is 9.64 Å². The number of hydrogen-bond acceptors (Lipinski definition) is 8. The Labute approximate surface area is 201 Å². The van der Waals surface area contributed by atoms with E-state index in [0.29, 0.717) is 43.6 Å². The molecule has 0 N–H and O–H groups in total. The zero-order valence-corrected chi connectivity index (χ0v) is 19.7. The van der Waals surface area contributed by atoms with Gasteiger partial charge in [0, 0.05) is 44.4 Å². The summed E-state index contributed by atoms with van der Waals surface area (Å²) >= 11 is 1.44. The molecule has 2 heterocycles. The number of non-ortho nitro benzene ring substituents is 1. The molecule has 178 valence electrons. The Hall–Kier alpha value is -3.34. The van der Waals surface area contributed by atoms with Crippen molar-refractivity contribution in [2.45, 2.75) is 6.92 Å². The van der Waals surface area contributed by atoms with Gasteiger partial charge in [0.05, 0.1) is 35.0 Å². The minimum atomic E-state index is -0.453. The monoisotopic (exact) mass is 482 g/mol. The largest absolute Gasteiger partial charge is 0.494 e. The van der Waals surface area contributed by atoms with Crippen molar-refractivity contribution in [1.29, 1.82) is 0 Å². The highest BCUT2D eigenvalue weighted by Crippen LogP contribution is 2.32. The lowest BCUT2D eigenvalue weighted by molar-refractivity contribution is -0.384. The van der Waals surface area contributed by atoms with Gasteiger partial charge >= 0.3 is 0 Å². The highest BCUT2D eigenvalue weighted by Gasteiger charge is 2.20. The highest BCUT2D eigenvalue weighted by molar-refractivity contribution is 7.22. The molecule has 1 saturated heterocycles. The van der Waals surface area contributed by atoms with Crippen molar-refractivity contribution in [2.24, 2.45) is 0 Å². The summed E-state index contributed by atoms with van der Waals surface area (Å²) in [6, 6.07) is 11.9. The van der Waals surface area contributed by atoms with Crippen molar-refractivity contribution in [3.05, 3.63) is 64.2 Å². The van der Waals surface area contributed by atoms with Crippen LogP contribution in [-0.2, 0) is 9.53 Å². The topological polar surface area (TPSA) is 98.0 Å². The molecule has 1 amide bonds. The molecule has 0 spiro atoms. The van der Waals surface area contributed by atoms with Crippen LogP contribution in [0.1, 0.15) is 12.5 Å². The van der Waals surface area contributed by atoms with Crippen LogP contribution in [-0.4, -0.2) is 66.7 Å². The normalized spacial score (nSPS) is 14.5. The molecule has 0 saturated carbocycles. The zero-order valence-electron chi connectivity index (χ0n) is 18.9. The first-order chi connectivity index (χ1) is 16.5. The van der Waals surface area contributed by atoms with Gasteiger partial charge < -0.3 is 9.47 Å². The van der Waals surface area contributed by atoms with Gasteiger partial charge in [-0.05, 0) is 36.8 Å². The third-order valence-electron chi connectivity index (χ3n) is 5.40. The lowest BCUT2D eigenvalue weighted by Crippen LogP contribution is -2.42. The Kier molecular flexibility index (Phi) is 7.84. The molecule has 1 fully saturated rings. The lowest BCUT2D eigenvalue weighted by atomic mass is 10.2. The molecule has 9 nitrogen and oxygen atoms in total. The van der Waals surface area contributed by atoms with Crippen LogP contribution in [0.25, 0.3) is 16.3 Å². The Morgan fingerprint density at radius 3 is 2.88 bits per heavy atom. The van der Waals surface area contributed by atoms with Crippen LogP contribution >= 0.6 is 11.3 Å². The highest BCUT2D eigenvalue weighted by atomic mass is 32.1. The van der Waals surface area contributed by atoms with Crippen molar-refractivity contribution in [1.82, 2.24) is 9.88 Å². The molecule has 0 unspecified atom stereocenters. The maximum Gasteiger partial charge on any atom is 0.270 e. The molecule has 1 aromatic heterocycles. The summed E-state index contributed by atoms with van der Waals surface area (Å²) in [6.07, 6.45) is 3.04. The van der Waals surface area contributed by atoms with Gasteiger partial charge in [0.25, 0.3) is 11.6 Å². The smallest absolute Gasteiger partial charge is 0.270 e. The Morgan fingerprint density at radius 2 is 2.12 bits per heavy atom. The fourth-order valence-electron chi connectivity index (χ4n) is 3.63. The molecule has 0 aliphatic carbocycles. The summed E-state index contributed by atoms with van der Waals surface area (Å²) in [5, 5.41) is 11.6. The van der Waals surface area contributed by atoms with Crippen LogP contribution in [0.3, 0.4) is 0 Å². The number of amides is 1.